The maximum absolute atomic E-state index is 13.3. The van der Waals surface area contributed by atoms with E-state index in [0.29, 0.717) is 12.3 Å². The standard InChI is InChI=1S/C26H29N3O4S/c1-3-18-33-24-16-12-22(13-17-24)19-27-28-26(30)20-29(23-14-10-21(4-2)11-15-23)34(31,32)25-8-6-5-7-9-25/h5-17,19H,3-4,18,20H2,1-2H3,(H,28,30)/b27-19-. The first kappa shape index (κ1) is 25.0. The molecule has 0 spiro atoms. The maximum atomic E-state index is 13.3. The first-order valence-corrected chi connectivity index (χ1v) is 12.6. The third-order valence-electron chi connectivity index (χ3n) is 5.01. The highest BCUT2D eigenvalue weighted by Gasteiger charge is 2.27. The number of ether oxygens (including phenoxy) is 1. The number of amides is 1. The lowest BCUT2D eigenvalue weighted by atomic mass is 10.1. The topological polar surface area (TPSA) is 88.1 Å². The van der Waals surface area contributed by atoms with E-state index in [1.807, 2.05) is 50.2 Å². The second-order valence-electron chi connectivity index (χ2n) is 7.56. The molecule has 0 atom stereocenters. The molecule has 0 saturated carbocycles. The molecule has 1 N–H and O–H groups in total. The fourth-order valence-electron chi connectivity index (χ4n) is 3.15. The molecule has 0 heterocycles. The molecule has 3 aromatic carbocycles. The summed E-state index contributed by atoms with van der Waals surface area (Å²) in [5.74, 6) is 0.206. The smallest absolute Gasteiger partial charge is 0.264 e. The van der Waals surface area contributed by atoms with Crippen LogP contribution in [0.25, 0.3) is 0 Å². The van der Waals surface area contributed by atoms with Crippen molar-refractivity contribution in [3.63, 3.8) is 0 Å². The SMILES string of the molecule is CCCOc1ccc(/C=N\NC(=O)CN(c2ccc(CC)cc2)S(=O)(=O)c2ccccc2)cc1. The molecule has 0 fully saturated rings. The van der Waals surface area contributed by atoms with Gasteiger partial charge in [0.2, 0.25) is 0 Å². The Morgan fingerprint density at radius 1 is 0.971 bits per heavy atom. The van der Waals surface area contributed by atoms with E-state index >= 15 is 0 Å². The van der Waals surface area contributed by atoms with Crippen molar-refractivity contribution in [1.29, 1.82) is 0 Å². The molecule has 0 aliphatic carbocycles. The van der Waals surface area contributed by atoms with Gasteiger partial charge in [-0.2, -0.15) is 5.10 Å². The van der Waals surface area contributed by atoms with Gasteiger partial charge in [0.25, 0.3) is 15.9 Å². The molecule has 3 aromatic rings. The Morgan fingerprint density at radius 2 is 1.65 bits per heavy atom. The van der Waals surface area contributed by atoms with Gasteiger partial charge in [-0.1, -0.05) is 44.2 Å². The Morgan fingerprint density at radius 3 is 2.26 bits per heavy atom. The molecule has 0 aromatic heterocycles. The molecular formula is C26H29N3O4S. The first-order valence-electron chi connectivity index (χ1n) is 11.2. The van der Waals surface area contributed by atoms with E-state index in [0.717, 1.165) is 34.0 Å². The van der Waals surface area contributed by atoms with Crippen molar-refractivity contribution in [2.45, 2.75) is 31.6 Å². The summed E-state index contributed by atoms with van der Waals surface area (Å²) < 4.78 is 33.3. The van der Waals surface area contributed by atoms with Gasteiger partial charge < -0.3 is 4.74 Å². The summed E-state index contributed by atoms with van der Waals surface area (Å²) in [6.07, 6.45) is 3.25. The van der Waals surface area contributed by atoms with Crippen LogP contribution in [-0.2, 0) is 21.2 Å². The minimum absolute atomic E-state index is 0.108. The van der Waals surface area contributed by atoms with E-state index in [1.54, 1.807) is 30.3 Å². The van der Waals surface area contributed by atoms with Crippen LogP contribution in [0.3, 0.4) is 0 Å². The maximum Gasteiger partial charge on any atom is 0.264 e. The number of nitrogens with zero attached hydrogens (tertiary/aromatic N) is 2. The third-order valence-corrected chi connectivity index (χ3v) is 6.79. The Balaban J connectivity index is 1.74. The number of aryl methyl sites for hydroxylation is 1. The molecule has 7 nitrogen and oxygen atoms in total. The zero-order chi connectivity index (χ0) is 24.4. The minimum atomic E-state index is -3.95. The first-order chi connectivity index (χ1) is 16.4. The van der Waals surface area contributed by atoms with Crippen LogP contribution >= 0.6 is 0 Å². The summed E-state index contributed by atoms with van der Waals surface area (Å²) in [6.45, 7) is 4.29. The largest absolute Gasteiger partial charge is 0.494 e. The summed E-state index contributed by atoms with van der Waals surface area (Å²) in [5, 5.41) is 3.98. The van der Waals surface area contributed by atoms with Crippen LogP contribution < -0.4 is 14.5 Å². The van der Waals surface area contributed by atoms with E-state index < -0.39 is 22.5 Å². The molecule has 0 unspecified atom stereocenters. The van der Waals surface area contributed by atoms with Crippen molar-refractivity contribution >= 4 is 27.8 Å². The highest BCUT2D eigenvalue weighted by molar-refractivity contribution is 7.92. The average Bonchev–Trinajstić information content (AvgIpc) is 2.87. The van der Waals surface area contributed by atoms with Crippen LogP contribution in [0.4, 0.5) is 5.69 Å². The summed E-state index contributed by atoms with van der Waals surface area (Å²) in [5.41, 5.74) is 4.67. The van der Waals surface area contributed by atoms with E-state index in [-0.39, 0.29) is 4.90 Å². The predicted octanol–water partition coefficient (Wildman–Crippen LogP) is 4.38. The molecule has 8 heteroatoms. The van der Waals surface area contributed by atoms with E-state index in [2.05, 4.69) is 10.5 Å². The van der Waals surface area contributed by atoms with Crippen LogP contribution in [0.5, 0.6) is 5.75 Å². The second-order valence-corrected chi connectivity index (χ2v) is 9.42. The molecule has 0 saturated heterocycles. The zero-order valence-corrected chi connectivity index (χ0v) is 20.2. The van der Waals surface area contributed by atoms with E-state index in [9.17, 15) is 13.2 Å². The van der Waals surface area contributed by atoms with Gasteiger partial charge >= 0.3 is 0 Å². The van der Waals surface area contributed by atoms with Gasteiger partial charge in [0.05, 0.1) is 23.4 Å². The summed E-state index contributed by atoms with van der Waals surface area (Å²) >= 11 is 0. The number of carbonyl (C=O) groups is 1. The molecule has 0 aliphatic heterocycles. The van der Waals surface area contributed by atoms with Gasteiger partial charge in [0.1, 0.15) is 12.3 Å². The molecular weight excluding hydrogens is 450 g/mol. The molecule has 34 heavy (non-hydrogen) atoms. The molecule has 0 aliphatic rings. The van der Waals surface area contributed by atoms with Gasteiger partial charge in [-0.3, -0.25) is 9.10 Å². The fraction of sp³-hybridized carbons (Fsp3) is 0.231. The van der Waals surface area contributed by atoms with Crippen molar-refractivity contribution in [2.75, 3.05) is 17.5 Å². The van der Waals surface area contributed by atoms with Crippen molar-refractivity contribution in [1.82, 2.24) is 5.43 Å². The molecule has 1 amide bonds. The van der Waals surface area contributed by atoms with E-state index in [4.69, 9.17) is 4.74 Å². The van der Waals surface area contributed by atoms with Crippen LogP contribution in [0.1, 0.15) is 31.4 Å². The van der Waals surface area contributed by atoms with Gasteiger partial charge in [0, 0.05) is 0 Å². The lowest BCUT2D eigenvalue weighted by Crippen LogP contribution is -2.39. The number of rotatable bonds is 11. The monoisotopic (exact) mass is 479 g/mol. The van der Waals surface area contributed by atoms with Crippen molar-refractivity contribution in [2.24, 2.45) is 5.10 Å². The number of benzene rings is 3. The Hall–Kier alpha value is -3.65. The third kappa shape index (κ3) is 6.68. The number of nitrogens with one attached hydrogen (secondary N) is 1. The second kappa shape index (κ2) is 12.0. The van der Waals surface area contributed by atoms with Gasteiger partial charge in [-0.15, -0.1) is 0 Å². The number of hydrogen-bond donors (Lipinski definition) is 1. The van der Waals surface area contributed by atoms with Crippen LogP contribution in [0.15, 0.2) is 88.9 Å². The highest BCUT2D eigenvalue weighted by Crippen LogP contribution is 2.24. The molecule has 3 rings (SSSR count). The van der Waals surface area contributed by atoms with Crippen molar-refractivity contribution < 1.29 is 17.9 Å². The fourth-order valence-corrected chi connectivity index (χ4v) is 4.59. The lowest BCUT2D eigenvalue weighted by molar-refractivity contribution is -0.119. The predicted molar refractivity (Wildman–Crippen MR) is 135 cm³/mol. The van der Waals surface area contributed by atoms with E-state index in [1.165, 1.54) is 18.3 Å². The molecule has 0 radical (unpaired) electrons. The quantitative estimate of drug-likeness (QED) is 0.326. The average molecular weight is 480 g/mol. The number of hydrazone groups is 1. The highest BCUT2D eigenvalue weighted by atomic mass is 32.2. The Bertz CT molecular complexity index is 1190. The lowest BCUT2D eigenvalue weighted by Gasteiger charge is -2.24. The van der Waals surface area contributed by atoms with Crippen LogP contribution in [0.2, 0.25) is 0 Å². The number of carbonyl (C=O) groups excluding carboxylic acids is 1. The van der Waals surface area contributed by atoms with Gasteiger partial charge in [0.15, 0.2) is 0 Å². The van der Waals surface area contributed by atoms with Crippen LogP contribution in [-0.4, -0.2) is 33.7 Å². The summed E-state index contributed by atoms with van der Waals surface area (Å²) in [7, 11) is -3.95. The summed E-state index contributed by atoms with van der Waals surface area (Å²) in [6, 6.07) is 22.5. The molecule has 0 bridgehead atoms. The number of anilines is 1. The Kier molecular flexibility index (Phi) is 8.81. The van der Waals surface area contributed by atoms with Gasteiger partial charge in [-0.25, -0.2) is 13.8 Å². The van der Waals surface area contributed by atoms with Gasteiger partial charge in [-0.05, 0) is 72.5 Å². The normalized spacial score (nSPS) is 11.4. The number of sulfonamides is 1. The minimum Gasteiger partial charge on any atom is -0.494 e. The van der Waals surface area contributed by atoms with Crippen LogP contribution in [0, 0.1) is 0 Å². The van der Waals surface area contributed by atoms with Crippen molar-refractivity contribution in [3.8, 4) is 5.75 Å². The number of hydrogen-bond acceptors (Lipinski definition) is 5. The molecule has 178 valence electrons. The van der Waals surface area contributed by atoms with Crippen molar-refractivity contribution in [3.05, 3.63) is 90.0 Å². The Labute approximate surface area is 201 Å². The summed E-state index contributed by atoms with van der Waals surface area (Å²) in [4.78, 5) is 12.7. The zero-order valence-electron chi connectivity index (χ0n) is 19.3.